The summed E-state index contributed by atoms with van der Waals surface area (Å²) in [6, 6.07) is 11.7. The number of carbonyl (C=O) groups excluding carboxylic acids is 1. The van der Waals surface area contributed by atoms with Crippen molar-refractivity contribution in [3.05, 3.63) is 65.6 Å². The summed E-state index contributed by atoms with van der Waals surface area (Å²) in [6.45, 7) is 2.51. The molecule has 0 saturated heterocycles. The van der Waals surface area contributed by atoms with E-state index < -0.39 is 0 Å². The maximum absolute atomic E-state index is 12.1. The van der Waals surface area contributed by atoms with Crippen LogP contribution in [0.15, 0.2) is 48.8 Å². The number of aromatic amines is 1. The van der Waals surface area contributed by atoms with E-state index in [0.29, 0.717) is 12.2 Å². The highest BCUT2D eigenvalue weighted by Crippen LogP contribution is 2.16. The van der Waals surface area contributed by atoms with Crippen LogP contribution in [0.5, 0.6) is 0 Å². The Balaban J connectivity index is 1.75. The molecule has 2 N–H and O–H groups in total. The number of carbonyl (C=O) groups is 1. The number of nitrogens with one attached hydrogen (secondary N) is 2. The van der Waals surface area contributed by atoms with Gasteiger partial charge in [-0.2, -0.15) is 0 Å². The van der Waals surface area contributed by atoms with Gasteiger partial charge in [0, 0.05) is 29.8 Å². The minimum absolute atomic E-state index is 0.109. The summed E-state index contributed by atoms with van der Waals surface area (Å²) in [5, 5.41) is 3.93. The molecule has 4 heteroatoms. The smallest absolute Gasteiger partial charge is 0.267 e. The molecule has 2 aromatic heterocycles. The molecular formula is C16H15N3O. The van der Waals surface area contributed by atoms with Crippen molar-refractivity contribution in [3.63, 3.8) is 0 Å². The molecule has 4 nitrogen and oxygen atoms in total. The predicted octanol–water partition coefficient (Wildman–Crippen LogP) is 2.80. The first-order chi connectivity index (χ1) is 9.72. The lowest BCUT2D eigenvalue weighted by Crippen LogP contribution is -2.23. The van der Waals surface area contributed by atoms with E-state index in [0.717, 1.165) is 16.5 Å². The van der Waals surface area contributed by atoms with Gasteiger partial charge in [0.15, 0.2) is 0 Å². The zero-order valence-electron chi connectivity index (χ0n) is 11.2. The lowest BCUT2D eigenvalue weighted by Gasteiger charge is -2.02. The molecule has 0 radical (unpaired) electrons. The van der Waals surface area contributed by atoms with Crippen molar-refractivity contribution < 1.29 is 4.79 Å². The normalized spacial score (nSPS) is 10.7. The summed E-state index contributed by atoms with van der Waals surface area (Å²) >= 11 is 0. The number of aryl methyl sites for hydroxylation is 1. The van der Waals surface area contributed by atoms with E-state index in [1.165, 1.54) is 5.56 Å². The number of H-pyrrole nitrogens is 1. The Bertz CT molecular complexity index is 747. The Morgan fingerprint density at radius 1 is 1.30 bits per heavy atom. The van der Waals surface area contributed by atoms with Crippen molar-refractivity contribution in [2.75, 3.05) is 0 Å². The van der Waals surface area contributed by atoms with Crippen molar-refractivity contribution in [3.8, 4) is 0 Å². The molecule has 0 spiro atoms. The largest absolute Gasteiger partial charge is 0.351 e. The van der Waals surface area contributed by atoms with Crippen LogP contribution < -0.4 is 5.32 Å². The molecule has 0 unspecified atom stereocenters. The number of hydrogen-bond donors (Lipinski definition) is 2. The molecule has 0 aliphatic heterocycles. The Kier molecular flexibility index (Phi) is 3.21. The maximum atomic E-state index is 12.1. The van der Waals surface area contributed by atoms with E-state index in [4.69, 9.17) is 0 Å². The molecule has 0 aliphatic carbocycles. The van der Waals surface area contributed by atoms with Crippen molar-refractivity contribution >= 4 is 16.8 Å². The van der Waals surface area contributed by atoms with Gasteiger partial charge in [0.25, 0.3) is 5.91 Å². The Morgan fingerprint density at radius 3 is 3.00 bits per heavy atom. The number of rotatable bonds is 3. The van der Waals surface area contributed by atoms with E-state index in [9.17, 15) is 4.79 Å². The van der Waals surface area contributed by atoms with Crippen LogP contribution in [0.4, 0.5) is 0 Å². The number of aromatic nitrogens is 2. The van der Waals surface area contributed by atoms with E-state index in [1.54, 1.807) is 12.4 Å². The number of nitrogens with zero attached hydrogens (tertiary/aromatic N) is 1. The fourth-order valence-electron chi connectivity index (χ4n) is 2.15. The Hall–Kier alpha value is -2.62. The Morgan fingerprint density at radius 2 is 2.20 bits per heavy atom. The average molecular weight is 265 g/mol. The second-order valence-corrected chi connectivity index (χ2v) is 4.82. The third kappa shape index (κ3) is 2.54. The van der Waals surface area contributed by atoms with Gasteiger partial charge in [0.05, 0.1) is 0 Å². The minimum Gasteiger partial charge on any atom is -0.351 e. The first-order valence-electron chi connectivity index (χ1n) is 6.49. The summed E-state index contributed by atoms with van der Waals surface area (Å²) < 4.78 is 0. The summed E-state index contributed by atoms with van der Waals surface area (Å²) in [7, 11) is 0. The van der Waals surface area contributed by atoms with Crippen molar-refractivity contribution in [2.24, 2.45) is 0 Å². The van der Waals surface area contributed by atoms with Crippen LogP contribution >= 0.6 is 0 Å². The van der Waals surface area contributed by atoms with Gasteiger partial charge in [-0.25, -0.2) is 0 Å². The molecule has 0 fully saturated rings. The second-order valence-electron chi connectivity index (χ2n) is 4.82. The minimum atomic E-state index is -0.109. The molecule has 0 bridgehead atoms. The topological polar surface area (TPSA) is 57.8 Å². The van der Waals surface area contributed by atoms with Gasteiger partial charge in [0.2, 0.25) is 0 Å². The van der Waals surface area contributed by atoms with E-state index >= 15 is 0 Å². The first-order valence-corrected chi connectivity index (χ1v) is 6.49. The zero-order chi connectivity index (χ0) is 13.9. The number of hydrogen-bond acceptors (Lipinski definition) is 2. The third-order valence-electron chi connectivity index (χ3n) is 3.20. The van der Waals surface area contributed by atoms with Gasteiger partial charge in [-0.1, -0.05) is 17.7 Å². The summed E-state index contributed by atoms with van der Waals surface area (Å²) in [6.07, 6.45) is 3.46. The van der Waals surface area contributed by atoms with Crippen LogP contribution in [0.25, 0.3) is 10.9 Å². The standard InChI is InChI=1S/C16H15N3O/c1-11-4-5-14-13(7-11)8-15(19-14)16(20)18-10-12-3-2-6-17-9-12/h2-9,19H,10H2,1H3,(H,18,20). The van der Waals surface area contributed by atoms with Crippen molar-refractivity contribution in [2.45, 2.75) is 13.5 Å². The average Bonchev–Trinajstić information content (AvgIpc) is 2.89. The van der Waals surface area contributed by atoms with Gasteiger partial charge in [-0.05, 0) is 36.8 Å². The van der Waals surface area contributed by atoms with Crippen LogP contribution in [-0.4, -0.2) is 15.9 Å². The Labute approximate surface area is 116 Å². The van der Waals surface area contributed by atoms with Gasteiger partial charge >= 0.3 is 0 Å². The van der Waals surface area contributed by atoms with Crippen LogP contribution in [-0.2, 0) is 6.54 Å². The fraction of sp³-hybridized carbons (Fsp3) is 0.125. The molecule has 2 heterocycles. The molecule has 0 atom stereocenters. The maximum Gasteiger partial charge on any atom is 0.267 e. The first kappa shape index (κ1) is 12.4. The molecule has 3 aromatic rings. The summed E-state index contributed by atoms with van der Waals surface area (Å²) in [4.78, 5) is 19.3. The monoisotopic (exact) mass is 265 g/mol. The lowest BCUT2D eigenvalue weighted by molar-refractivity contribution is 0.0946. The number of pyridine rings is 1. The van der Waals surface area contributed by atoms with Gasteiger partial charge in [0.1, 0.15) is 5.69 Å². The fourth-order valence-corrected chi connectivity index (χ4v) is 2.15. The molecule has 20 heavy (non-hydrogen) atoms. The number of benzene rings is 1. The van der Waals surface area contributed by atoms with Gasteiger partial charge in [-0.15, -0.1) is 0 Å². The lowest BCUT2D eigenvalue weighted by atomic mass is 10.2. The third-order valence-corrected chi connectivity index (χ3v) is 3.20. The molecule has 1 amide bonds. The molecule has 100 valence electrons. The van der Waals surface area contributed by atoms with Gasteiger partial charge < -0.3 is 10.3 Å². The van der Waals surface area contributed by atoms with Crippen LogP contribution in [0.1, 0.15) is 21.6 Å². The highest BCUT2D eigenvalue weighted by Gasteiger charge is 2.09. The van der Waals surface area contributed by atoms with Crippen molar-refractivity contribution in [1.29, 1.82) is 0 Å². The van der Waals surface area contributed by atoms with E-state index in [-0.39, 0.29) is 5.91 Å². The van der Waals surface area contributed by atoms with Gasteiger partial charge in [-0.3, -0.25) is 9.78 Å². The summed E-state index contributed by atoms with van der Waals surface area (Å²) in [5.74, 6) is -0.109. The van der Waals surface area contributed by atoms with Crippen LogP contribution in [0.2, 0.25) is 0 Å². The van der Waals surface area contributed by atoms with E-state index in [1.807, 2.05) is 37.3 Å². The van der Waals surface area contributed by atoms with Crippen LogP contribution in [0.3, 0.4) is 0 Å². The molecule has 1 aromatic carbocycles. The molecule has 0 aliphatic rings. The second kappa shape index (κ2) is 5.17. The zero-order valence-corrected chi connectivity index (χ0v) is 11.2. The van der Waals surface area contributed by atoms with Crippen molar-refractivity contribution in [1.82, 2.24) is 15.3 Å². The molecule has 3 rings (SSSR count). The summed E-state index contributed by atoms with van der Waals surface area (Å²) in [5.41, 5.74) is 3.71. The predicted molar refractivity (Wildman–Crippen MR) is 78.4 cm³/mol. The quantitative estimate of drug-likeness (QED) is 0.765. The SMILES string of the molecule is Cc1ccc2[nH]c(C(=O)NCc3cccnc3)cc2c1. The number of amides is 1. The van der Waals surface area contributed by atoms with Crippen LogP contribution in [0, 0.1) is 6.92 Å². The molecule has 0 saturated carbocycles. The number of fused-ring (bicyclic) bond motifs is 1. The van der Waals surface area contributed by atoms with E-state index in [2.05, 4.69) is 21.4 Å². The molecular weight excluding hydrogens is 250 g/mol. The highest BCUT2D eigenvalue weighted by atomic mass is 16.1. The highest BCUT2D eigenvalue weighted by molar-refractivity contribution is 5.98.